The first-order valence-corrected chi connectivity index (χ1v) is 10.1. The smallest absolute Gasteiger partial charge is 0.318 e. The van der Waals surface area contributed by atoms with Crippen molar-refractivity contribution in [1.29, 1.82) is 0 Å². The van der Waals surface area contributed by atoms with Crippen molar-refractivity contribution < 1.29 is 18.0 Å². The molecule has 0 radical (unpaired) electrons. The van der Waals surface area contributed by atoms with Gasteiger partial charge in [0, 0.05) is 31.6 Å². The highest BCUT2D eigenvalue weighted by molar-refractivity contribution is 6.30. The van der Waals surface area contributed by atoms with Crippen LogP contribution < -0.4 is 10.6 Å². The molecule has 1 aromatic carbocycles. The zero-order chi connectivity index (χ0) is 21.5. The Morgan fingerprint density at radius 2 is 2.13 bits per heavy atom. The molecule has 1 atom stereocenters. The molecule has 1 aromatic heterocycles. The van der Waals surface area contributed by atoms with E-state index in [9.17, 15) is 18.0 Å². The Hall–Kier alpha value is -2.55. The number of amides is 2. The highest BCUT2D eigenvalue weighted by atomic mass is 35.5. The van der Waals surface area contributed by atoms with Crippen LogP contribution in [0.15, 0.2) is 24.4 Å². The molecule has 2 N–H and O–H groups in total. The summed E-state index contributed by atoms with van der Waals surface area (Å²) in [4.78, 5) is 23.0. The molecule has 0 spiro atoms. The van der Waals surface area contributed by atoms with Crippen LogP contribution in [0, 0.1) is 5.82 Å². The third-order valence-electron chi connectivity index (χ3n) is 5.44. The summed E-state index contributed by atoms with van der Waals surface area (Å²) in [6.07, 6.45) is 1.82. The number of rotatable bonds is 4. The van der Waals surface area contributed by atoms with Crippen LogP contribution in [0.5, 0.6) is 0 Å². The molecule has 0 saturated heterocycles. The molecular weight excluding hydrogens is 419 g/mol. The maximum atomic E-state index is 13.4. The van der Waals surface area contributed by atoms with E-state index in [-0.39, 0.29) is 42.5 Å². The van der Waals surface area contributed by atoms with E-state index in [1.807, 2.05) is 0 Å². The van der Waals surface area contributed by atoms with E-state index in [4.69, 9.17) is 11.6 Å². The molecule has 2 aliphatic rings. The van der Waals surface area contributed by atoms with Crippen LogP contribution in [0.1, 0.15) is 42.6 Å². The quantitative estimate of drug-likeness (QED) is 0.745. The molecular formula is C20H21ClF3N5O. The van der Waals surface area contributed by atoms with Crippen molar-refractivity contribution in [2.75, 3.05) is 11.9 Å². The lowest BCUT2D eigenvalue weighted by Crippen LogP contribution is -2.45. The molecule has 160 valence electrons. The molecule has 1 fully saturated rings. The number of aromatic nitrogens is 2. The van der Waals surface area contributed by atoms with Crippen molar-refractivity contribution in [1.82, 2.24) is 20.2 Å². The Balaban J connectivity index is 1.38. The molecule has 1 aliphatic heterocycles. The van der Waals surface area contributed by atoms with Gasteiger partial charge in [-0.1, -0.05) is 17.7 Å². The number of hydrogen-bond donors (Lipinski definition) is 2. The van der Waals surface area contributed by atoms with Gasteiger partial charge in [0.05, 0.1) is 23.3 Å². The second kappa shape index (κ2) is 7.94. The summed E-state index contributed by atoms with van der Waals surface area (Å²) >= 11 is 5.82. The number of benzene rings is 1. The Bertz CT molecular complexity index is 965. The van der Waals surface area contributed by atoms with E-state index < -0.39 is 11.7 Å². The number of halogens is 4. The molecule has 10 heteroatoms. The normalized spacial score (nSPS) is 18.9. The Morgan fingerprint density at radius 1 is 1.37 bits per heavy atom. The second-order valence-corrected chi connectivity index (χ2v) is 8.19. The van der Waals surface area contributed by atoms with Gasteiger partial charge in [0.2, 0.25) is 5.95 Å². The summed E-state index contributed by atoms with van der Waals surface area (Å²) in [5.74, 6) is -2.83. The SMILES string of the molecule is C[C@@H](NC(=O)N1CCc2cnc(NC3CC(F)(F)C3)nc2C1)c1ccc(F)c(Cl)c1. The number of carbonyl (C=O) groups is 1. The first-order valence-electron chi connectivity index (χ1n) is 9.70. The number of carbonyl (C=O) groups excluding carboxylic acids is 1. The summed E-state index contributed by atoms with van der Waals surface area (Å²) < 4.78 is 39.4. The van der Waals surface area contributed by atoms with Gasteiger partial charge in [0.25, 0.3) is 5.92 Å². The van der Waals surface area contributed by atoms with Crippen LogP contribution in [0.3, 0.4) is 0 Å². The van der Waals surface area contributed by atoms with E-state index in [2.05, 4.69) is 20.6 Å². The predicted octanol–water partition coefficient (Wildman–Crippen LogP) is 4.31. The van der Waals surface area contributed by atoms with Gasteiger partial charge < -0.3 is 15.5 Å². The molecule has 6 nitrogen and oxygen atoms in total. The maximum absolute atomic E-state index is 13.4. The summed E-state index contributed by atoms with van der Waals surface area (Å²) in [6.45, 7) is 2.58. The lowest BCUT2D eigenvalue weighted by Gasteiger charge is -2.35. The molecule has 0 bridgehead atoms. The molecule has 2 heterocycles. The molecule has 2 aromatic rings. The van der Waals surface area contributed by atoms with Crippen LogP contribution in [0.4, 0.5) is 23.9 Å². The van der Waals surface area contributed by atoms with Crippen molar-refractivity contribution in [3.8, 4) is 0 Å². The number of fused-ring (bicyclic) bond motifs is 1. The van der Waals surface area contributed by atoms with Crippen LogP contribution in [0.2, 0.25) is 5.02 Å². The molecule has 30 heavy (non-hydrogen) atoms. The van der Waals surface area contributed by atoms with E-state index in [0.717, 1.165) is 5.56 Å². The van der Waals surface area contributed by atoms with Crippen LogP contribution >= 0.6 is 11.6 Å². The summed E-state index contributed by atoms with van der Waals surface area (Å²) in [7, 11) is 0. The summed E-state index contributed by atoms with van der Waals surface area (Å²) in [6, 6.07) is 3.35. The zero-order valence-electron chi connectivity index (χ0n) is 16.3. The van der Waals surface area contributed by atoms with Gasteiger partial charge in [-0.15, -0.1) is 0 Å². The number of nitrogens with one attached hydrogen (secondary N) is 2. The van der Waals surface area contributed by atoms with Crippen molar-refractivity contribution in [2.45, 2.75) is 50.7 Å². The largest absolute Gasteiger partial charge is 0.351 e. The fourth-order valence-corrected chi connectivity index (χ4v) is 3.82. The van der Waals surface area contributed by atoms with Gasteiger partial charge in [0.15, 0.2) is 0 Å². The zero-order valence-corrected chi connectivity index (χ0v) is 17.0. The highest BCUT2D eigenvalue weighted by Crippen LogP contribution is 2.38. The van der Waals surface area contributed by atoms with Gasteiger partial charge in [-0.3, -0.25) is 0 Å². The highest BCUT2D eigenvalue weighted by Gasteiger charge is 2.45. The minimum atomic E-state index is -2.62. The standard InChI is InChI=1S/C20H21ClF3N5O/c1-11(12-2-3-16(22)15(21)6-12)26-19(30)29-5-4-13-9-25-18(28-17(13)10-29)27-14-7-20(23,24)8-14/h2-3,6,9,11,14H,4-5,7-8,10H2,1H3,(H,26,30)(H,25,27,28)/t11-/m1/s1. The predicted molar refractivity (Wildman–Crippen MR) is 106 cm³/mol. The summed E-state index contributed by atoms with van der Waals surface area (Å²) in [5.41, 5.74) is 2.32. The third-order valence-corrected chi connectivity index (χ3v) is 5.73. The van der Waals surface area contributed by atoms with Gasteiger partial charge in [-0.2, -0.15) is 0 Å². The number of alkyl halides is 2. The van der Waals surface area contributed by atoms with Crippen LogP contribution in [0.25, 0.3) is 0 Å². The van der Waals surface area contributed by atoms with Gasteiger partial charge >= 0.3 is 6.03 Å². The molecule has 2 amide bonds. The molecule has 4 rings (SSSR count). The monoisotopic (exact) mass is 439 g/mol. The Morgan fingerprint density at radius 3 is 2.83 bits per heavy atom. The number of urea groups is 1. The number of nitrogens with zero attached hydrogens (tertiary/aromatic N) is 3. The molecule has 1 aliphatic carbocycles. The fraction of sp³-hybridized carbons (Fsp3) is 0.450. The van der Waals surface area contributed by atoms with Crippen molar-refractivity contribution >= 4 is 23.6 Å². The number of hydrogen-bond acceptors (Lipinski definition) is 4. The van der Waals surface area contributed by atoms with E-state index in [0.29, 0.717) is 30.2 Å². The Labute approximate surface area is 176 Å². The van der Waals surface area contributed by atoms with Crippen molar-refractivity contribution in [3.05, 3.63) is 52.1 Å². The lowest BCUT2D eigenvalue weighted by molar-refractivity contribution is -0.0794. The first-order chi connectivity index (χ1) is 14.2. The average Bonchev–Trinajstić information content (AvgIpc) is 2.68. The lowest BCUT2D eigenvalue weighted by atomic mass is 9.88. The van der Waals surface area contributed by atoms with E-state index in [1.165, 1.54) is 12.1 Å². The maximum Gasteiger partial charge on any atom is 0.318 e. The van der Waals surface area contributed by atoms with E-state index in [1.54, 1.807) is 24.1 Å². The minimum Gasteiger partial charge on any atom is -0.351 e. The third kappa shape index (κ3) is 4.45. The fourth-order valence-electron chi connectivity index (χ4n) is 3.63. The van der Waals surface area contributed by atoms with Crippen molar-refractivity contribution in [2.24, 2.45) is 0 Å². The van der Waals surface area contributed by atoms with Gasteiger partial charge in [-0.05, 0) is 36.6 Å². The Kier molecular flexibility index (Phi) is 5.48. The number of anilines is 1. The second-order valence-electron chi connectivity index (χ2n) is 7.79. The minimum absolute atomic E-state index is 0.00135. The summed E-state index contributed by atoms with van der Waals surface area (Å²) in [5, 5.41) is 5.81. The van der Waals surface area contributed by atoms with Crippen LogP contribution in [-0.4, -0.2) is 39.4 Å². The van der Waals surface area contributed by atoms with Crippen LogP contribution in [-0.2, 0) is 13.0 Å². The average molecular weight is 440 g/mol. The van der Waals surface area contributed by atoms with Gasteiger partial charge in [-0.25, -0.2) is 27.9 Å². The van der Waals surface area contributed by atoms with Crippen molar-refractivity contribution in [3.63, 3.8) is 0 Å². The molecule has 1 saturated carbocycles. The first kappa shape index (κ1) is 20.7. The van der Waals surface area contributed by atoms with E-state index >= 15 is 0 Å². The van der Waals surface area contributed by atoms with Gasteiger partial charge in [0.1, 0.15) is 5.82 Å². The molecule has 0 unspecified atom stereocenters. The topological polar surface area (TPSA) is 70.2 Å².